The van der Waals surface area contributed by atoms with Gasteiger partial charge in [0.2, 0.25) is 0 Å². The van der Waals surface area contributed by atoms with Crippen LogP contribution in [0.15, 0.2) is 35.6 Å². The van der Waals surface area contributed by atoms with Crippen LogP contribution in [0, 0.1) is 0 Å². The Morgan fingerprint density at radius 1 is 1.42 bits per heavy atom. The average molecular weight is 296 g/mol. The quantitative estimate of drug-likeness (QED) is 0.517. The van der Waals surface area contributed by atoms with Crippen LogP contribution in [0.3, 0.4) is 0 Å². The second kappa shape index (κ2) is 5.90. The maximum atomic E-state index is 12.0. The number of aromatic nitrogens is 2. The third kappa shape index (κ3) is 3.15. The van der Waals surface area contributed by atoms with Crippen molar-refractivity contribution in [3.63, 3.8) is 0 Å². The van der Waals surface area contributed by atoms with E-state index >= 15 is 0 Å². The predicted octanol–water partition coefficient (Wildman–Crippen LogP) is 2.81. The van der Waals surface area contributed by atoms with Gasteiger partial charge in [-0.25, -0.2) is 9.97 Å². The monoisotopic (exact) mass is 295 g/mol. The van der Waals surface area contributed by atoms with Crippen LogP contribution >= 0.6 is 23.4 Å². The van der Waals surface area contributed by atoms with E-state index in [1.807, 2.05) is 0 Å². The van der Waals surface area contributed by atoms with Gasteiger partial charge in [0.05, 0.1) is 16.9 Å². The third-order valence-electron chi connectivity index (χ3n) is 2.27. The number of rotatable bonds is 3. The number of hydrogen-bond donors (Lipinski definition) is 2. The number of carbonyl (C=O) groups is 1. The Labute approximate surface area is 119 Å². The largest absolute Gasteiger partial charge is 0.506 e. The number of anilines is 1. The first-order chi connectivity index (χ1) is 9.11. The molecule has 19 heavy (non-hydrogen) atoms. The molecule has 0 aliphatic heterocycles. The lowest BCUT2D eigenvalue weighted by atomic mass is 10.3. The molecule has 0 aliphatic rings. The summed E-state index contributed by atoms with van der Waals surface area (Å²) in [4.78, 5) is 20.0. The number of phenols is 1. The predicted molar refractivity (Wildman–Crippen MR) is 74.9 cm³/mol. The molecule has 0 saturated carbocycles. The lowest BCUT2D eigenvalue weighted by molar-refractivity contribution is 0.102. The van der Waals surface area contributed by atoms with Gasteiger partial charge in [0, 0.05) is 0 Å². The summed E-state index contributed by atoms with van der Waals surface area (Å²) in [6.45, 7) is 0. The first-order valence-electron chi connectivity index (χ1n) is 5.27. The van der Waals surface area contributed by atoms with Crippen molar-refractivity contribution < 1.29 is 9.90 Å². The van der Waals surface area contributed by atoms with Gasteiger partial charge < -0.3 is 10.4 Å². The van der Waals surface area contributed by atoms with E-state index in [1.165, 1.54) is 24.0 Å². The Balaban J connectivity index is 2.28. The minimum Gasteiger partial charge on any atom is -0.506 e. The Kier molecular flexibility index (Phi) is 4.24. The van der Waals surface area contributed by atoms with Crippen molar-refractivity contribution in [2.45, 2.75) is 5.16 Å². The second-order valence-electron chi connectivity index (χ2n) is 3.52. The highest BCUT2D eigenvalue weighted by molar-refractivity contribution is 7.98. The zero-order valence-electron chi connectivity index (χ0n) is 9.92. The summed E-state index contributed by atoms with van der Waals surface area (Å²) in [6.07, 6.45) is 3.17. The van der Waals surface area contributed by atoms with Crippen LogP contribution in [0.25, 0.3) is 0 Å². The molecule has 2 rings (SSSR count). The van der Waals surface area contributed by atoms with Gasteiger partial charge in [0.25, 0.3) is 5.91 Å². The van der Waals surface area contributed by atoms with E-state index in [0.29, 0.717) is 10.8 Å². The Hall–Kier alpha value is -1.79. The van der Waals surface area contributed by atoms with Gasteiger partial charge in [-0.2, -0.15) is 0 Å². The molecule has 7 heteroatoms. The fraction of sp³-hybridized carbons (Fsp3) is 0.0833. The molecule has 1 aromatic heterocycles. The summed E-state index contributed by atoms with van der Waals surface area (Å²) in [5.74, 6) is -0.518. The number of phenolic OH excluding ortho intramolecular Hbond substituents is 1. The fourth-order valence-corrected chi connectivity index (χ4v) is 1.89. The average Bonchev–Trinajstić information content (AvgIpc) is 2.42. The molecule has 1 amide bonds. The van der Waals surface area contributed by atoms with E-state index in [2.05, 4.69) is 15.3 Å². The van der Waals surface area contributed by atoms with Gasteiger partial charge >= 0.3 is 0 Å². The Morgan fingerprint density at radius 3 is 2.84 bits per heavy atom. The molecule has 2 N–H and O–H groups in total. The third-order valence-corrected chi connectivity index (χ3v) is 3.11. The maximum absolute atomic E-state index is 12.0. The molecule has 1 aromatic carbocycles. The van der Waals surface area contributed by atoms with Gasteiger partial charge in [0.1, 0.15) is 5.75 Å². The van der Waals surface area contributed by atoms with Gasteiger partial charge in [-0.1, -0.05) is 35.5 Å². The Morgan fingerprint density at radius 2 is 2.16 bits per heavy atom. The van der Waals surface area contributed by atoms with E-state index in [4.69, 9.17) is 11.6 Å². The van der Waals surface area contributed by atoms with Crippen LogP contribution in [-0.4, -0.2) is 27.2 Å². The highest BCUT2D eigenvalue weighted by Gasteiger charge is 2.15. The topological polar surface area (TPSA) is 75.1 Å². The standard InChI is InChI=1S/C12H10ClN3O2S/c1-19-12-14-6-7(13)10(16-12)11(18)15-8-4-2-3-5-9(8)17/h2-6,17H,1H3,(H,15,18). The maximum Gasteiger partial charge on any atom is 0.276 e. The van der Waals surface area contributed by atoms with E-state index < -0.39 is 5.91 Å². The van der Waals surface area contributed by atoms with Crippen molar-refractivity contribution in [3.05, 3.63) is 41.2 Å². The molecule has 0 aliphatic carbocycles. The molecule has 5 nitrogen and oxygen atoms in total. The molecule has 0 radical (unpaired) electrons. The molecule has 0 saturated heterocycles. The molecule has 98 valence electrons. The van der Waals surface area contributed by atoms with Crippen LogP contribution in [0.5, 0.6) is 5.75 Å². The van der Waals surface area contributed by atoms with Crippen molar-refractivity contribution >= 4 is 35.0 Å². The van der Waals surface area contributed by atoms with Crippen LogP contribution in [-0.2, 0) is 0 Å². The Bertz CT molecular complexity index is 622. The smallest absolute Gasteiger partial charge is 0.276 e. The molecule has 0 fully saturated rings. The zero-order chi connectivity index (χ0) is 13.8. The second-order valence-corrected chi connectivity index (χ2v) is 4.71. The summed E-state index contributed by atoms with van der Waals surface area (Å²) >= 11 is 7.20. The van der Waals surface area contributed by atoms with Crippen molar-refractivity contribution in [2.24, 2.45) is 0 Å². The van der Waals surface area contributed by atoms with Gasteiger partial charge in [-0.15, -0.1) is 0 Å². The van der Waals surface area contributed by atoms with Crippen LogP contribution in [0.4, 0.5) is 5.69 Å². The van der Waals surface area contributed by atoms with E-state index in [1.54, 1.807) is 24.5 Å². The summed E-state index contributed by atoms with van der Waals surface area (Å²) in [7, 11) is 0. The van der Waals surface area contributed by atoms with Crippen molar-refractivity contribution in [1.82, 2.24) is 9.97 Å². The summed E-state index contributed by atoms with van der Waals surface area (Å²) in [6, 6.07) is 6.42. The lowest BCUT2D eigenvalue weighted by Gasteiger charge is -2.08. The van der Waals surface area contributed by atoms with E-state index in [9.17, 15) is 9.90 Å². The molecule has 0 spiro atoms. The van der Waals surface area contributed by atoms with E-state index in [0.717, 1.165) is 0 Å². The number of thioether (sulfide) groups is 1. The minimum absolute atomic E-state index is 0.0221. The fourth-order valence-electron chi connectivity index (χ4n) is 1.37. The number of hydrogen-bond acceptors (Lipinski definition) is 5. The van der Waals surface area contributed by atoms with Gasteiger partial charge in [0.15, 0.2) is 10.9 Å². The highest BCUT2D eigenvalue weighted by atomic mass is 35.5. The van der Waals surface area contributed by atoms with Crippen molar-refractivity contribution in [2.75, 3.05) is 11.6 Å². The minimum atomic E-state index is -0.496. The molecule has 2 aromatic rings. The van der Waals surface area contributed by atoms with Crippen molar-refractivity contribution in [1.29, 1.82) is 0 Å². The lowest BCUT2D eigenvalue weighted by Crippen LogP contribution is -2.15. The first kappa shape index (κ1) is 13.6. The van der Waals surface area contributed by atoms with Gasteiger partial charge in [-0.05, 0) is 18.4 Å². The van der Waals surface area contributed by atoms with Crippen LogP contribution in [0.1, 0.15) is 10.5 Å². The highest BCUT2D eigenvalue weighted by Crippen LogP contribution is 2.23. The molecule has 0 unspecified atom stereocenters. The number of benzene rings is 1. The summed E-state index contributed by atoms with van der Waals surface area (Å²) < 4.78 is 0. The number of para-hydroxylation sites is 2. The van der Waals surface area contributed by atoms with E-state index in [-0.39, 0.29) is 16.5 Å². The number of aromatic hydroxyl groups is 1. The number of nitrogens with one attached hydrogen (secondary N) is 1. The molecule has 1 heterocycles. The zero-order valence-corrected chi connectivity index (χ0v) is 11.5. The van der Waals surface area contributed by atoms with Crippen LogP contribution < -0.4 is 5.32 Å². The molecule has 0 bridgehead atoms. The molecular weight excluding hydrogens is 286 g/mol. The number of amides is 1. The number of halogens is 1. The first-order valence-corrected chi connectivity index (χ1v) is 6.88. The SMILES string of the molecule is CSc1ncc(Cl)c(C(=O)Nc2ccccc2O)n1. The number of carbonyl (C=O) groups excluding carboxylic acids is 1. The van der Waals surface area contributed by atoms with Crippen molar-refractivity contribution in [3.8, 4) is 5.75 Å². The molecular formula is C12H10ClN3O2S. The summed E-state index contributed by atoms with van der Waals surface area (Å²) in [5.41, 5.74) is 0.372. The summed E-state index contributed by atoms with van der Waals surface area (Å²) in [5, 5.41) is 12.7. The van der Waals surface area contributed by atoms with Gasteiger partial charge in [-0.3, -0.25) is 4.79 Å². The normalized spacial score (nSPS) is 10.2. The van der Waals surface area contributed by atoms with Crippen LogP contribution in [0.2, 0.25) is 5.02 Å². The molecule has 0 atom stereocenters. The number of nitrogens with zero attached hydrogens (tertiary/aromatic N) is 2.